The van der Waals surface area contributed by atoms with Crippen molar-refractivity contribution in [2.24, 2.45) is 0 Å². The van der Waals surface area contributed by atoms with E-state index in [1.54, 1.807) is 24.3 Å². The second-order valence-electron chi connectivity index (χ2n) is 9.93. The number of halogens is 1. The Morgan fingerprint density at radius 2 is 1.74 bits per heavy atom. The molecule has 0 N–H and O–H groups in total. The van der Waals surface area contributed by atoms with E-state index in [1.165, 1.54) is 25.3 Å². The van der Waals surface area contributed by atoms with Crippen LogP contribution in [-0.4, -0.2) is 54.6 Å². The van der Waals surface area contributed by atoms with E-state index in [0.29, 0.717) is 36.7 Å². The van der Waals surface area contributed by atoms with Gasteiger partial charge in [0.25, 0.3) is 5.91 Å². The third-order valence-electron chi connectivity index (χ3n) is 7.15. The summed E-state index contributed by atoms with van der Waals surface area (Å²) in [6, 6.07) is 20.6. The van der Waals surface area contributed by atoms with Gasteiger partial charge in [0.1, 0.15) is 34.0 Å². The quantitative estimate of drug-likeness (QED) is 0.331. The molecule has 1 fully saturated rings. The zero-order valence-corrected chi connectivity index (χ0v) is 22.2. The van der Waals surface area contributed by atoms with Gasteiger partial charge in [-0.1, -0.05) is 42.5 Å². The molecule has 39 heavy (non-hydrogen) atoms. The van der Waals surface area contributed by atoms with Gasteiger partial charge in [-0.2, -0.15) is 0 Å². The number of carbonyl (C=O) groups is 1. The van der Waals surface area contributed by atoms with Crippen LogP contribution < -0.4 is 14.9 Å². The van der Waals surface area contributed by atoms with Crippen molar-refractivity contribution in [1.29, 1.82) is 0 Å². The Morgan fingerprint density at radius 3 is 2.46 bits per heavy atom. The van der Waals surface area contributed by atoms with Crippen molar-refractivity contribution >= 4 is 16.9 Å². The molecule has 202 valence electrons. The van der Waals surface area contributed by atoms with Crippen molar-refractivity contribution < 1.29 is 23.1 Å². The average molecular weight is 531 g/mol. The minimum Gasteiger partial charge on any atom is -0.496 e. The number of carbonyl (C=O) groups excluding carboxylic acids is 1. The summed E-state index contributed by atoms with van der Waals surface area (Å²) in [5, 5.41) is 0.258. The van der Waals surface area contributed by atoms with Gasteiger partial charge in [0.2, 0.25) is 0 Å². The maximum absolute atomic E-state index is 13.3. The van der Waals surface area contributed by atoms with Crippen LogP contribution in [0.15, 0.2) is 82.0 Å². The van der Waals surface area contributed by atoms with Crippen LogP contribution in [0, 0.1) is 5.82 Å². The normalized spacial score (nSPS) is 17.8. The van der Waals surface area contributed by atoms with Crippen LogP contribution in [0.2, 0.25) is 0 Å². The molecule has 3 aromatic carbocycles. The molecule has 1 amide bonds. The summed E-state index contributed by atoms with van der Waals surface area (Å²) in [7, 11) is 1.52. The fourth-order valence-electron chi connectivity index (χ4n) is 5.02. The monoisotopic (exact) mass is 530 g/mol. The van der Waals surface area contributed by atoms with Crippen molar-refractivity contribution in [3.8, 4) is 22.8 Å². The second-order valence-corrected chi connectivity index (χ2v) is 9.93. The molecule has 5 rings (SSSR count). The fraction of sp³-hybridized carbons (Fsp3) is 0.290. The lowest BCUT2D eigenvalue weighted by molar-refractivity contribution is -0.139. The van der Waals surface area contributed by atoms with E-state index in [2.05, 4.69) is 11.8 Å². The molecule has 0 unspecified atom stereocenters. The molecule has 7 nitrogen and oxygen atoms in total. The van der Waals surface area contributed by atoms with Gasteiger partial charge in [0.05, 0.1) is 7.11 Å². The molecule has 1 saturated heterocycles. The molecule has 2 heterocycles. The van der Waals surface area contributed by atoms with Crippen LogP contribution in [0.5, 0.6) is 11.5 Å². The van der Waals surface area contributed by atoms with E-state index in [1.807, 2.05) is 42.2 Å². The first-order chi connectivity index (χ1) is 18.8. The van der Waals surface area contributed by atoms with E-state index in [-0.39, 0.29) is 47.0 Å². The molecule has 1 aliphatic rings. The molecule has 1 aliphatic heterocycles. The lowest BCUT2D eigenvalue weighted by Crippen LogP contribution is -2.58. The summed E-state index contributed by atoms with van der Waals surface area (Å²) in [6.07, 6.45) is 0. The van der Waals surface area contributed by atoms with Gasteiger partial charge in [0, 0.05) is 55.5 Å². The average Bonchev–Trinajstić information content (AvgIpc) is 2.94. The van der Waals surface area contributed by atoms with Crippen LogP contribution in [-0.2, 0) is 11.3 Å². The molecule has 0 spiro atoms. The molecule has 0 saturated carbocycles. The molecule has 0 bridgehead atoms. The van der Waals surface area contributed by atoms with Crippen molar-refractivity contribution in [2.75, 3.05) is 26.8 Å². The van der Waals surface area contributed by atoms with Crippen molar-refractivity contribution in [2.45, 2.75) is 32.5 Å². The number of hydrogen-bond acceptors (Lipinski definition) is 6. The summed E-state index contributed by atoms with van der Waals surface area (Å²) in [4.78, 5) is 30.5. The van der Waals surface area contributed by atoms with Crippen molar-refractivity contribution in [3.63, 3.8) is 0 Å². The number of nitrogens with zero attached hydrogens (tertiary/aromatic N) is 2. The predicted molar refractivity (Wildman–Crippen MR) is 147 cm³/mol. The van der Waals surface area contributed by atoms with Gasteiger partial charge in [-0.15, -0.1) is 0 Å². The lowest BCUT2D eigenvalue weighted by Gasteiger charge is -2.44. The molecular formula is C31H31FN2O5. The van der Waals surface area contributed by atoms with Crippen molar-refractivity contribution in [3.05, 3.63) is 94.4 Å². The zero-order valence-electron chi connectivity index (χ0n) is 22.2. The smallest absolute Gasteiger partial charge is 0.260 e. The maximum Gasteiger partial charge on any atom is 0.260 e. The molecule has 8 heteroatoms. The Balaban J connectivity index is 1.31. The molecule has 0 aliphatic carbocycles. The van der Waals surface area contributed by atoms with Crippen LogP contribution >= 0.6 is 0 Å². The standard InChI is InChI=1S/C31H31FN2O5/c1-20-17-34(21(2)16-33(20)18-22-9-11-24(32)12-10-22)30(36)19-38-28-13-25(37-3)14-29-31(28)26(35)15-27(39-29)23-7-5-4-6-8-23/h4-15,20-21H,16-19H2,1-3H3/t20-,21+/m1/s1. The fourth-order valence-corrected chi connectivity index (χ4v) is 5.02. The Morgan fingerprint density at radius 1 is 1.00 bits per heavy atom. The van der Waals surface area contributed by atoms with Gasteiger partial charge in [0.15, 0.2) is 12.0 Å². The first-order valence-electron chi connectivity index (χ1n) is 12.9. The summed E-state index contributed by atoms with van der Waals surface area (Å²) in [6.45, 7) is 5.74. The molecule has 1 aromatic heterocycles. The lowest BCUT2D eigenvalue weighted by atomic mass is 10.1. The van der Waals surface area contributed by atoms with Gasteiger partial charge < -0.3 is 18.8 Å². The van der Waals surface area contributed by atoms with E-state index >= 15 is 0 Å². The van der Waals surface area contributed by atoms with Crippen LogP contribution in [0.1, 0.15) is 19.4 Å². The van der Waals surface area contributed by atoms with Crippen molar-refractivity contribution in [1.82, 2.24) is 9.80 Å². The minimum absolute atomic E-state index is 0.0432. The third kappa shape index (κ3) is 5.81. The maximum atomic E-state index is 13.3. The summed E-state index contributed by atoms with van der Waals surface area (Å²) >= 11 is 0. The minimum atomic E-state index is -0.267. The molecule has 2 atom stereocenters. The highest BCUT2D eigenvalue weighted by Gasteiger charge is 2.32. The SMILES string of the molecule is COc1cc(OCC(=O)N2C[C@@H](C)N(Cc3ccc(F)cc3)C[C@@H]2C)c2c(=O)cc(-c3ccccc3)oc2c1. The molecular weight excluding hydrogens is 499 g/mol. The highest BCUT2D eigenvalue weighted by molar-refractivity contribution is 5.87. The number of benzene rings is 3. The van der Waals surface area contributed by atoms with E-state index < -0.39 is 0 Å². The topological polar surface area (TPSA) is 72.2 Å². The van der Waals surface area contributed by atoms with Gasteiger partial charge in [-0.25, -0.2) is 4.39 Å². The van der Waals surface area contributed by atoms with E-state index in [0.717, 1.165) is 11.1 Å². The zero-order chi connectivity index (χ0) is 27.5. The van der Waals surface area contributed by atoms with Crippen LogP contribution in [0.25, 0.3) is 22.3 Å². The number of amides is 1. The third-order valence-corrected chi connectivity index (χ3v) is 7.15. The number of hydrogen-bond donors (Lipinski definition) is 0. The van der Waals surface area contributed by atoms with Crippen LogP contribution in [0.3, 0.4) is 0 Å². The van der Waals surface area contributed by atoms with Gasteiger partial charge >= 0.3 is 0 Å². The summed E-state index contributed by atoms with van der Waals surface area (Å²) in [5.74, 6) is 0.701. The predicted octanol–water partition coefficient (Wildman–Crippen LogP) is 5.11. The molecule has 4 aromatic rings. The Kier molecular flexibility index (Phi) is 7.65. The number of rotatable bonds is 7. The van der Waals surface area contributed by atoms with E-state index in [9.17, 15) is 14.0 Å². The number of methoxy groups -OCH3 is 1. The highest BCUT2D eigenvalue weighted by Crippen LogP contribution is 2.32. The first kappa shape index (κ1) is 26.4. The Bertz CT molecular complexity index is 1520. The number of piperazine rings is 1. The van der Waals surface area contributed by atoms with Crippen LogP contribution in [0.4, 0.5) is 4.39 Å². The number of ether oxygens (including phenoxy) is 2. The Hall–Kier alpha value is -4.17. The second kappa shape index (κ2) is 11.3. The van der Waals surface area contributed by atoms with E-state index in [4.69, 9.17) is 13.9 Å². The first-order valence-corrected chi connectivity index (χ1v) is 12.9. The largest absolute Gasteiger partial charge is 0.496 e. The number of fused-ring (bicyclic) bond motifs is 1. The highest BCUT2D eigenvalue weighted by atomic mass is 19.1. The summed E-state index contributed by atoms with van der Waals surface area (Å²) in [5.41, 5.74) is 1.85. The Labute approximate surface area is 226 Å². The van der Waals surface area contributed by atoms with Gasteiger partial charge in [-0.05, 0) is 31.5 Å². The summed E-state index contributed by atoms with van der Waals surface area (Å²) < 4.78 is 30.7. The van der Waals surface area contributed by atoms with Gasteiger partial charge in [-0.3, -0.25) is 14.5 Å². The molecule has 0 radical (unpaired) electrons.